The molecule has 0 unspecified atom stereocenters. The summed E-state index contributed by atoms with van der Waals surface area (Å²) < 4.78 is 18.7. The van der Waals surface area contributed by atoms with Crippen LogP contribution in [-0.2, 0) is 4.79 Å². The van der Waals surface area contributed by atoms with E-state index in [1.54, 1.807) is 12.1 Å². The molecule has 0 radical (unpaired) electrons. The first-order valence-electron chi connectivity index (χ1n) is 8.10. The highest BCUT2D eigenvalue weighted by Crippen LogP contribution is 2.27. The minimum Gasteiger partial charge on any atom is -0.490 e. The van der Waals surface area contributed by atoms with Gasteiger partial charge in [0.15, 0.2) is 0 Å². The highest BCUT2D eigenvalue weighted by molar-refractivity contribution is 5.80. The summed E-state index contributed by atoms with van der Waals surface area (Å²) in [5, 5.41) is 0. The van der Waals surface area contributed by atoms with Gasteiger partial charge in [-0.15, -0.1) is 0 Å². The quantitative estimate of drug-likeness (QED) is 0.932. The van der Waals surface area contributed by atoms with Gasteiger partial charge in [-0.2, -0.15) is 0 Å². The topological polar surface area (TPSA) is 55.6 Å². The molecule has 2 fully saturated rings. The van der Waals surface area contributed by atoms with Gasteiger partial charge >= 0.3 is 0 Å². The molecule has 1 saturated carbocycles. The van der Waals surface area contributed by atoms with Gasteiger partial charge in [-0.3, -0.25) is 4.79 Å². The maximum absolute atomic E-state index is 12.9. The first-order chi connectivity index (χ1) is 10.6. The molecule has 0 spiro atoms. The zero-order valence-corrected chi connectivity index (χ0v) is 12.7. The van der Waals surface area contributed by atoms with E-state index in [1.807, 2.05) is 4.90 Å². The molecule has 2 atom stereocenters. The minimum absolute atomic E-state index is 0.00886. The molecular weight excluding hydrogens is 283 g/mol. The molecule has 1 aliphatic carbocycles. The van der Waals surface area contributed by atoms with E-state index in [-0.39, 0.29) is 29.8 Å². The Bertz CT molecular complexity index is 512. The second-order valence-electron chi connectivity index (χ2n) is 6.30. The Morgan fingerprint density at radius 3 is 2.41 bits per heavy atom. The number of hydrogen-bond donors (Lipinski definition) is 1. The van der Waals surface area contributed by atoms with E-state index in [9.17, 15) is 9.18 Å². The monoisotopic (exact) mass is 306 g/mol. The van der Waals surface area contributed by atoms with E-state index in [0.717, 1.165) is 32.1 Å². The molecule has 1 heterocycles. The van der Waals surface area contributed by atoms with Crippen molar-refractivity contribution in [3.63, 3.8) is 0 Å². The van der Waals surface area contributed by atoms with Gasteiger partial charge in [0.25, 0.3) is 0 Å². The molecule has 1 amide bonds. The van der Waals surface area contributed by atoms with Crippen LogP contribution in [0.4, 0.5) is 4.39 Å². The third-order valence-electron chi connectivity index (χ3n) is 4.76. The van der Waals surface area contributed by atoms with E-state index < -0.39 is 0 Å². The van der Waals surface area contributed by atoms with E-state index in [0.29, 0.717) is 18.8 Å². The predicted octanol–water partition coefficient (Wildman–Crippen LogP) is 2.32. The van der Waals surface area contributed by atoms with Gasteiger partial charge in [-0.25, -0.2) is 4.39 Å². The third kappa shape index (κ3) is 3.40. The lowest BCUT2D eigenvalue weighted by atomic mass is 10.00. The third-order valence-corrected chi connectivity index (χ3v) is 4.76. The first-order valence-corrected chi connectivity index (χ1v) is 8.10. The summed E-state index contributed by atoms with van der Waals surface area (Å²) in [5.74, 6) is 0.643. The van der Waals surface area contributed by atoms with E-state index in [2.05, 4.69) is 0 Å². The molecule has 1 aliphatic heterocycles. The van der Waals surface area contributed by atoms with Gasteiger partial charge in [-0.05, 0) is 37.1 Å². The van der Waals surface area contributed by atoms with Crippen LogP contribution in [0.3, 0.4) is 0 Å². The Hall–Kier alpha value is -1.62. The highest BCUT2D eigenvalue weighted by Gasteiger charge is 2.34. The molecule has 120 valence electrons. The molecule has 0 aromatic heterocycles. The van der Waals surface area contributed by atoms with Crippen LogP contribution >= 0.6 is 0 Å². The molecule has 5 heteroatoms. The zero-order chi connectivity index (χ0) is 15.5. The average molecular weight is 306 g/mol. The van der Waals surface area contributed by atoms with Crippen molar-refractivity contribution in [2.45, 2.75) is 44.2 Å². The fraction of sp³-hybridized carbons (Fsp3) is 0.588. The highest BCUT2D eigenvalue weighted by atomic mass is 19.1. The number of carbonyl (C=O) groups is 1. The molecule has 1 aromatic carbocycles. The number of halogens is 1. The van der Waals surface area contributed by atoms with Gasteiger partial charge in [0.2, 0.25) is 5.91 Å². The molecule has 3 rings (SSSR count). The van der Waals surface area contributed by atoms with E-state index >= 15 is 0 Å². The van der Waals surface area contributed by atoms with Crippen molar-refractivity contribution in [3.05, 3.63) is 30.1 Å². The summed E-state index contributed by atoms with van der Waals surface area (Å²) in [6, 6.07) is 6.11. The fourth-order valence-electron chi connectivity index (χ4n) is 3.43. The smallest absolute Gasteiger partial charge is 0.227 e. The number of amides is 1. The normalized spacial score (nSPS) is 26.2. The fourth-order valence-corrected chi connectivity index (χ4v) is 3.43. The molecule has 1 saturated heterocycles. The number of rotatable bonds is 3. The number of likely N-dealkylation sites (tertiary alicyclic amines) is 1. The van der Waals surface area contributed by atoms with Gasteiger partial charge in [0, 0.05) is 32.0 Å². The number of carbonyl (C=O) groups excluding carboxylic acids is 1. The number of benzene rings is 1. The lowest BCUT2D eigenvalue weighted by Gasteiger charge is -2.34. The number of hydrogen-bond acceptors (Lipinski definition) is 3. The van der Waals surface area contributed by atoms with Crippen molar-refractivity contribution < 1.29 is 13.9 Å². The minimum atomic E-state index is -0.263. The van der Waals surface area contributed by atoms with E-state index in [1.165, 1.54) is 12.1 Å². The van der Waals surface area contributed by atoms with Crippen LogP contribution in [0.15, 0.2) is 24.3 Å². The van der Waals surface area contributed by atoms with Crippen LogP contribution in [0.1, 0.15) is 32.1 Å². The van der Waals surface area contributed by atoms with Gasteiger partial charge in [-0.1, -0.05) is 6.42 Å². The Morgan fingerprint density at radius 1 is 1.14 bits per heavy atom. The molecule has 22 heavy (non-hydrogen) atoms. The Kier molecular flexibility index (Phi) is 4.62. The summed E-state index contributed by atoms with van der Waals surface area (Å²) >= 11 is 0. The van der Waals surface area contributed by atoms with Crippen LogP contribution in [0.2, 0.25) is 0 Å². The predicted molar refractivity (Wildman–Crippen MR) is 81.9 cm³/mol. The maximum Gasteiger partial charge on any atom is 0.227 e. The van der Waals surface area contributed by atoms with Crippen LogP contribution in [0.5, 0.6) is 5.75 Å². The number of nitrogens with two attached hydrogens (primary N) is 1. The lowest BCUT2D eigenvalue weighted by molar-refractivity contribution is -0.137. The summed E-state index contributed by atoms with van der Waals surface area (Å²) in [6.45, 7) is 1.43. The van der Waals surface area contributed by atoms with Gasteiger partial charge < -0.3 is 15.4 Å². The standard InChI is InChI=1S/C17H23FN2O2/c18-12-4-6-13(7-5-12)22-14-8-10-20(11-9-14)17(21)15-2-1-3-16(15)19/h4-7,14-16H,1-3,8-11,19H2/t15-,16+/m0/s1. The summed E-state index contributed by atoms with van der Waals surface area (Å²) in [4.78, 5) is 14.4. The number of piperidine rings is 1. The second kappa shape index (κ2) is 6.65. The van der Waals surface area contributed by atoms with Crippen molar-refractivity contribution in [1.29, 1.82) is 0 Å². The molecule has 0 bridgehead atoms. The molecule has 2 aliphatic rings. The zero-order valence-electron chi connectivity index (χ0n) is 12.7. The lowest BCUT2D eigenvalue weighted by Crippen LogP contribution is -2.47. The Labute approximate surface area is 130 Å². The summed E-state index contributed by atoms with van der Waals surface area (Å²) in [6.07, 6.45) is 4.65. The number of ether oxygens (including phenoxy) is 1. The Balaban J connectivity index is 1.49. The van der Waals surface area contributed by atoms with E-state index in [4.69, 9.17) is 10.5 Å². The van der Waals surface area contributed by atoms with Crippen LogP contribution in [-0.4, -0.2) is 36.0 Å². The van der Waals surface area contributed by atoms with Gasteiger partial charge in [0.1, 0.15) is 17.7 Å². The Morgan fingerprint density at radius 2 is 1.82 bits per heavy atom. The van der Waals surface area contributed by atoms with Crippen molar-refractivity contribution in [3.8, 4) is 5.75 Å². The van der Waals surface area contributed by atoms with Crippen molar-refractivity contribution in [1.82, 2.24) is 4.90 Å². The molecular formula is C17H23FN2O2. The summed E-state index contributed by atoms with van der Waals surface area (Å²) in [7, 11) is 0. The number of nitrogens with zero attached hydrogens (tertiary/aromatic N) is 1. The van der Waals surface area contributed by atoms with Crippen LogP contribution < -0.4 is 10.5 Å². The largest absolute Gasteiger partial charge is 0.490 e. The molecule has 1 aromatic rings. The first kappa shape index (κ1) is 15.3. The SMILES string of the molecule is N[C@@H]1CCC[C@@H]1C(=O)N1CCC(Oc2ccc(F)cc2)CC1. The van der Waals surface area contributed by atoms with Crippen LogP contribution in [0.25, 0.3) is 0 Å². The molecule has 2 N–H and O–H groups in total. The second-order valence-corrected chi connectivity index (χ2v) is 6.30. The summed E-state index contributed by atoms with van der Waals surface area (Å²) in [5.41, 5.74) is 6.03. The molecule has 4 nitrogen and oxygen atoms in total. The van der Waals surface area contributed by atoms with Crippen molar-refractivity contribution >= 4 is 5.91 Å². The average Bonchev–Trinajstić information content (AvgIpc) is 2.96. The maximum atomic E-state index is 12.9. The van der Waals surface area contributed by atoms with Crippen LogP contribution in [0, 0.1) is 11.7 Å². The van der Waals surface area contributed by atoms with Gasteiger partial charge in [0.05, 0.1) is 5.92 Å². The van der Waals surface area contributed by atoms with Crippen molar-refractivity contribution in [2.24, 2.45) is 11.7 Å². The van der Waals surface area contributed by atoms with Crippen molar-refractivity contribution in [2.75, 3.05) is 13.1 Å².